The molecule has 0 aliphatic rings. The average molecular weight is 980 g/mol. The third-order valence-corrected chi connectivity index (χ3v) is 13.3. The second-order valence-electron chi connectivity index (χ2n) is 20.2. The molecule has 0 radical (unpaired) electrons. The van der Waals surface area contributed by atoms with Crippen LogP contribution in [-0.4, -0.2) is 37.2 Å². The lowest BCUT2D eigenvalue weighted by atomic mass is 10.0. The first kappa shape index (κ1) is 67.1. The second kappa shape index (κ2) is 58.7. The number of rotatable bonds is 55. The molecule has 0 saturated heterocycles. The van der Waals surface area contributed by atoms with Crippen LogP contribution in [0.4, 0.5) is 0 Å². The summed E-state index contributed by atoms with van der Waals surface area (Å²) in [5.41, 5.74) is 0. The van der Waals surface area contributed by atoms with Gasteiger partial charge < -0.3 is 14.2 Å². The van der Waals surface area contributed by atoms with Gasteiger partial charge in [0.1, 0.15) is 13.2 Å². The van der Waals surface area contributed by atoms with Gasteiger partial charge in [-0.05, 0) is 83.5 Å². The van der Waals surface area contributed by atoms with Gasteiger partial charge in [0.2, 0.25) is 0 Å². The lowest BCUT2D eigenvalue weighted by Crippen LogP contribution is -2.30. The van der Waals surface area contributed by atoms with Crippen LogP contribution in [0.3, 0.4) is 0 Å². The molecule has 406 valence electrons. The first-order valence-electron chi connectivity index (χ1n) is 30.3. The molecule has 0 aliphatic heterocycles. The van der Waals surface area contributed by atoms with Crippen molar-refractivity contribution in [2.45, 2.75) is 316 Å². The molecule has 0 aromatic rings. The maximum atomic E-state index is 12.9. The van der Waals surface area contributed by atoms with Gasteiger partial charge >= 0.3 is 17.9 Å². The zero-order valence-electron chi connectivity index (χ0n) is 46.5. The molecule has 70 heavy (non-hydrogen) atoms. The van der Waals surface area contributed by atoms with Gasteiger partial charge in [-0.15, -0.1) is 0 Å². The Morgan fingerprint density at radius 3 is 0.914 bits per heavy atom. The number of hydrogen-bond donors (Lipinski definition) is 0. The normalized spacial score (nSPS) is 12.4. The van der Waals surface area contributed by atoms with Gasteiger partial charge in [-0.25, -0.2) is 0 Å². The largest absolute Gasteiger partial charge is 0.462 e. The average Bonchev–Trinajstić information content (AvgIpc) is 3.36. The topological polar surface area (TPSA) is 78.9 Å². The molecule has 0 rings (SSSR count). The Bertz CT molecular complexity index is 1260. The SMILES string of the molecule is CC/C=C\C/C=C\C/C=C\C/C=C\CCCCC(=O)OCC(COC(=O)CCCCCCCCCCCCCCCCCCCCC)OC(=O)CCCCCCCCC/C=C\CCCCCCCCC. The van der Waals surface area contributed by atoms with Gasteiger partial charge in [-0.2, -0.15) is 0 Å². The van der Waals surface area contributed by atoms with Crippen molar-refractivity contribution < 1.29 is 28.6 Å². The Kier molecular flexibility index (Phi) is 56.3. The second-order valence-corrected chi connectivity index (χ2v) is 20.2. The molecule has 6 nitrogen and oxygen atoms in total. The summed E-state index contributed by atoms with van der Waals surface area (Å²) in [6, 6.07) is 0. The highest BCUT2D eigenvalue weighted by Gasteiger charge is 2.19. The van der Waals surface area contributed by atoms with Crippen molar-refractivity contribution in [1.82, 2.24) is 0 Å². The zero-order valence-corrected chi connectivity index (χ0v) is 46.5. The predicted molar refractivity (Wildman–Crippen MR) is 302 cm³/mol. The van der Waals surface area contributed by atoms with E-state index in [2.05, 4.69) is 81.5 Å². The minimum absolute atomic E-state index is 0.0862. The van der Waals surface area contributed by atoms with Crippen LogP contribution in [-0.2, 0) is 28.6 Å². The highest BCUT2D eigenvalue weighted by atomic mass is 16.6. The van der Waals surface area contributed by atoms with Crippen molar-refractivity contribution in [3.63, 3.8) is 0 Å². The summed E-state index contributed by atoms with van der Waals surface area (Å²) >= 11 is 0. The van der Waals surface area contributed by atoms with Crippen molar-refractivity contribution in [2.75, 3.05) is 13.2 Å². The number of carbonyl (C=O) groups excluding carboxylic acids is 3. The van der Waals surface area contributed by atoms with Crippen molar-refractivity contribution in [1.29, 1.82) is 0 Å². The molecular formula is C64H114O6. The standard InChI is InChI=1S/C64H114O6/c1-4-7-10-13-16-19-22-25-28-30-32-34-36-39-42-45-48-51-54-57-63(66)69-60-61(59-68-62(65)56-53-50-47-44-41-38-35-27-24-21-18-15-12-9-6-3)70-64(67)58-55-52-49-46-43-40-37-33-31-29-26-23-20-17-14-11-8-5-2/h9,12,18,21,27,29,31,35,41,44,61H,4-8,10-11,13-17,19-20,22-26,28,30,32-34,36-40,42-43,45-60H2,1-3H3/b12-9-,21-18-,31-29-,35-27-,44-41-. The van der Waals surface area contributed by atoms with Crippen LogP contribution in [0.25, 0.3) is 0 Å². The molecule has 0 aliphatic carbocycles. The zero-order chi connectivity index (χ0) is 50.7. The van der Waals surface area contributed by atoms with E-state index in [4.69, 9.17) is 14.2 Å². The molecule has 1 atom stereocenters. The number of carbonyl (C=O) groups is 3. The Hall–Kier alpha value is -2.89. The van der Waals surface area contributed by atoms with Crippen molar-refractivity contribution >= 4 is 17.9 Å². The molecule has 0 saturated carbocycles. The highest BCUT2D eigenvalue weighted by molar-refractivity contribution is 5.71. The predicted octanol–water partition coefficient (Wildman–Crippen LogP) is 20.4. The maximum absolute atomic E-state index is 12.9. The monoisotopic (exact) mass is 979 g/mol. The van der Waals surface area contributed by atoms with E-state index in [1.165, 1.54) is 186 Å². The van der Waals surface area contributed by atoms with Crippen LogP contribution in [0, 0.1) is 0 Å². The van der Waals surface area contributed by atoms with E-state index in [1.807, 2.05) is 0 Å². The molecule has 0 aromatic heterocycles. The highest BCUT2D eigenvalue weighted by Crippen LogP contribution is 2.17. The van der Waals surface area contributed by atoms with Crippen molar-refractivity contribution in [3.8, 4) is 0 Å². The molecule has 1 unspecified atom stereocenters. The Balaban J connectivity index is 4.39. The molecule has 0 spiro atoms. The number of hydrogen-bond acceptors (Lipinski definition) is 6. The Labute approximate surface area is 434 Å². The Morgan fingerprint density at radius 1 is 0.300 bits per heavy atom. The molecule has 6 heteroatoms. The minimum atomic E-state index is -0.792. The molecule has 0 amide bonds. The van der Waals surface area contributed by atoms with Gasteiger partial charge in [0, 0.05) is 19.3 Å². The fourth-order valence-electron chi connectivity index (χ4n) is 8.72. The molecule has 0 heterocycles. The molecule has 0 bridgehead atoms. The smallest absolute Gasteiger partial charge is 0.306 e. The van der Waals surface area contributed by atoms with E-state index < -0.39 is 6.10 Å². The van der Waals surface area contributed by atoms with Crippen LogP contribution in [0.15, 0.2) is 60.8 Å². The molecule has 0 aromatic carbocycles. The first-order chi connectivity index (χ1) is 34.5. The van der Waals surface area contributed by atoms with Crippen LogP contribution in [0.2, 0.25) is 0 Å². The number of unbranched alkanes of at least 4 members (excludes halogenated alkanes) is 34. The van der Waals surface area contributed by atoms with Crippen LogP contribution in [0.5, 0.6) is 0 Å². The summed E-state index contributed by atoms with van der Waals surface area (Å²) in [6.45, 7) is 6.53. The van der Waals surface area contributed by atoms with Crippen molar-refractivity contribution in [2.24, 2.45) is 0 Å². The minimum Gasteiger partial charge on any atom is -0.462 e. The lowest BCUT2D eigenvalue weighted by molar-refractivity contribution is -0.167. The number of allylic oxidation sites excluding steroid dienone is 10. The molecule has 0 N–H and O–H groups in total. The van der Waals surface area contributed by atoms with E-state index in [9.17, 15) is 14.4 Å². The van der Waals surface area contributed by atoms with Gasteiger partial charge in [-0.3, -0.25) is 14.4 Å². The lowest BCUT2D eigenvalue weighted by Gasteiger charge is -2.18. The van der Waals surface area contributed by atoms with Crippen molar-refractivity contribution in [3.05, 3.63) is 60.8 Å². The van der Waals surface area contributed by atoms with E-state index >= 15 is 0 Å². The van der Waals surface area contributed by atoms with Gasteiger partial charge in [0.15, 0.2) is 6.10 Å². The van der Waals surface area contributed by atoms with E-state index in [1.54, 1.807) is 0 Å². The third-order valence-electron chi connectivity index (χ3n) is 13.3. The Morgan fingerprint density at radius 2 is 0.557 bits per heavy atom. The third kappa shape index (κ3) is 56.0. The number of esters is 3. The summed E-state index contributed by atoms with van der Waals surface area (Å²) in [7, 11) is 0. The molecular weight excluding hydrogens is 865 g/mol. The van der Waals surface area contributed by atoms with E-state index in [0.29, 0.717) is 19.3 Å². The maximum Gasteiger partial charge on any atom is 0.306 e. The summed E-state index contributed by atoms with van der Waals surface area (Å²) in [6.07, 6.45) is 73.6. The van der Waals surface area contributed by atoms with E-state index in [-0.39, 0.29) is 31.1 Å². The first-order valence-corrected chi connectivity index (χ1v) is 30.3. The summed E-state index contributed by atoms with van der Waals surface area (Å²) < 4.78 is 16.9. The van der Waals surface area contributed by atoms with E-state index in [0.717, 1.165) is 83.5 Å². The number of ether oxygens (including phenoxy) is 3. The van der Waals surface area contributed by atoms with Gasteiger partial charge in [0.25, 0.3) is 0 Å². The van der Waals surface area contributed by atoms with Gasteiger partial charge in [-0.1, -0.05) is 268 Å². The van der Waals surface area contributed by atoms with Gasteiger partial charge in [0.05, 0.1) is 0 Å². The summed E-state index contributed by atoms with van der Waals surface area (Å²) in [5.74, 6) is -0.919. The fraction of sp³-hybridized carbons (Fsp3) is 0.797. The van der Waals surface area contributed by atoms with Crippen LogP contribution in [0.1, 0.15) is 310 Å². The summed E-state index contributed by atoms with van der Waals surface area (Å²) in [5, 5.41) is 0. The molecule has 0 fully saturated rings. The summed E-state index contributed by atoms with van der Waals surface area (Å²) in [4.78, 5) is 38.2. The quantitative estimate of drug-likeness (QED) is 0.0261. The fourth-order valence-corrected chi connectivity index (χ4v) is 8.72. The van der Waals surface area contributed by atoms with Crippen LogP contribution < -0.4 is 0 Å². The van der Waals surface area contributed by atoms with Crippen LogP contribution >= 0.6 is 0 Å².